The third-order valence-electron chi connectivity index (χ3n) is 9.62. The normalized spacial score (nSPS) is 19.4. The first-order valence-corrected chi connectivity index (χ1v) is 17.8. The van der Waals surface area contributed by atoms with Crippen LogP contribution in [0.4, 0.5) is 0 Å². The smallest absolute Gasteiger partial charge is 0.264 e. The number of piperazine rings is 2. The maximum absolute atomic E-state index is 12.8. The van der Waals surface area contributed by atoms with Gasteiger partial charge in [-0.2, -0.15) is 0 Å². The van der Waals surface area contributed by atoms with Crippen molar-refractivity contribution < 1.29 is 19.1 Å². The van der Waals surface area contributed by atoms with Crippen molar-refractivity contribution in [3.05, 3.63) is 93.5 Å². The van der Waals surface area contributed by atoms with Crippen LogP contribution in [-0.2, 0) is 22.4 Å². The molecule has 2 amide bonds. The third-order valence-corrected chi connectivity index (χ3v) is 10.1. The number of benzene rings is 2. The number of nitrogens with one attached hydrogen (secondary N) is 2. The number of fused-ring (bicyclic) bond motifs is 2. The van der Waals surface area contributed by atoms with Crippen LogP contribution in [0.25, 0.3) is 22.3 Å². The third kappa shape index (κ3) is 7.16. The van der Waals surface area contributed by atoms with Crippen molar-refractivity contribution in [2.45, 2.75) is 38.9 Å². The van der Waals surface area contributed by atoms with Crippen LogP contribution in [0, 0.1) is 13.8 Å². The van der Waals surface area contributed by atoms with Gasteiger partial charge in [0.2, 0.25) is 0 Å². The van der Waals surface area contributed by atoms with Crippen LogP contribution in [0.5, 0.6) is 11.5 Å². The summed E-state index contributed by atoms with van der Waals surface area (Å²) in [5.41, 5.74) is 8.00. The van der Waals surface area contributed by atoms with E-state index in [1.807, 2.05) is 72.4 Å². The summed E-state index contributed by atoms with van der Waals surface area (Å²) in [6, 6.07) is 11.5. The zero-order chi connectivity index (χ0) is 34.8. The van der Waals surface area contributed by atoms with Crippen LogP contribution in [0.2, 0.25) is 10.0 Å². The largest absolute Gasteiger partial charge is 0.479 e. The molecule has 2 fully saturated rings. The van der Waals surface area contributed by atoms with Crippen molar-refractivity contribution in [1.82, 2.24) is 30.4 Å². The number of hydrogen-bond acceptors (Lipinski definition) is 8. The number of aromatic nitrogens is 2. The Morgan fingerprint density at radius 2 is 1.06 bits per heavy atom. The highest BCUT2D eigenvalue weighted by Crippen LogP contribution is 2.43. The summed E-state index contributed by atoms with van der Waals surface area (Å²) >= 11 is 12.7. The maximum atomic E-state index is 12.8. The Kier molecular flexibility index (Phi) is 10.2. The molecule has 4 aliphatic rings. The first-order chi connectivity index (χ1) is 24.3. The van der Waals surface area contributed by atoms with Crippen molar-refractivity contribution >= 4 is 35.0 Å². The van der Waals surface area contributed by atoms with Gasteiger partial charge in [-0.1, -0.05) is 23.2 Å². The highest BCUT2D eigenvalue weighted by molar-refractivity contribution is 6.31. The number of amides is 2. The van der Waals surface area contributed by atoms with E-state index in [2.05, 4.69) is 20.6 Å². The van der Waals surface area contributed by atoms with Gasteiger partial charge >= 0.3 is 0 Å². The molecule has 0 unspecified atom stereocenters. The lowest BCUT2D eigenvalue weighted by molar-refractivity contribution is -0.139. The average Bonchev–Trinajstić information content (AvgIpc) is 3.77. The van der Waals surface area contributed by atoms with Crippen LogP contribution >= 0.6 is 23.2 Å². The van der Waals surface area contributed by atoms with Crippen molar-refractivity contribution in [2.24, 2.45) is 0 Å². The summed E-state index contributed by atoms with van der Waals surface area (Å²) in [7, 11) is 0. The Hall–Kier alpha value is -4.22. The first kappa shape index (κ1) is 34.2. The summed E-state index contributed by atoms with van der Waals surface area (Å²) in [5, 5.41) is 7.84. The molecule has 0 spiro atoms. The van der Waals surface area contributed by atoms with E-state index in [0.29, 0.717) is 22.9 Å². The fourth-order valence-corrected chi connectivity index (χ4v) is 7.54. The minimum absolute atomic E-state index is 0.0613. The van der Waals surface area contributed by atoms with Gasteiger partial charge in [-0.3, -0.25) is 19.6 Å². The summed E-state index contributed by atoms with van der Waals surface area (Å²) in [6.07, 6.45) is 7.36. The zero-order valence-electron chi connectivity index (χ0n) is 28.2. The lowest BCUT2D eigenvalue weighted by Gasteiger charge is -2.29. The molecule has 10 nitrogen and oxygen atoms in total. The van der Waals surface area contributed by atoms with Crippen molar-refractivity contribution in [2.75, 3.05) is 52.4 Å². The highest BCUT2D eigenvalue weighted by Gasteiger charge is 2.36. The first-order valence-electron chi connectivity index (χ1n) is 17.1. The van der Waals surface area contributed by atoms with E-state index in [9.17, 15) is 9.59 Å². The Labute approximate surface area is 302 Å². The van der Waals surface area contributed by atoms with E-state index in [4.69, 9.17) is 32.7 Å². The number of rotatable bonds is 4. The molecule has 8 rings (SSSR count). The van der Waals surface area contributed by atoms with Crippen molar-refractivity contribution in [3.8, 4) is 33.8 Å². The second-order valence-electron chi connectivity index (χ2n) is 13.0. The number of hydrogen-bond donors (Lipinski definition) is 2. The van der Waals surface area contributed by atoms with Crippen LogP contribution in [0.15, 0.2) is 61.2 Å². The summed E-state index contributed by atoms with van der Waals surface area (Å²) in [6.45, 7) is 10.3. The number of nitrogens with zero attached hydrogens (tertiary/aromatic N) is 4. The number of carbonyl (C=O) groups excluding carboxylic acids is 2. The summed E-state index contributed by atoms with van der Waals surface area (Å²) in [4.78, 5) is 37.7. The number of carbonyl (C=O) groups is 2. The minimum atomic E-state index is -0.465. The fraction of sp³-hybridized carbons (Fsp3) is 0.368. The average molecular weight is 716 g/mol. The van der Waals surface area contributed by atoms with E-state index < -0.39 is 12.2 Å². The molecule has 2 N–H and O–H groups in total. The van der Waals surface area contributed by atoms with Gasteiger partial charge in [0.1, 0.15) is 11.5 Å². The molecule has 0 aliphatic carbocycles. The van der Waals surface area contributed by atoms with E-state index in [1.54, 1.807) is 12.4 Å². The molecular formula is C38H40Cl2N6O4. The monoisotopic (exact) mass is 714 g/mol. The van der Waals surface area contributed by atoms with Gasteiger partial charge in [0.15, 0.2) is 12.2 Å². The fourth-order valence-electron chi connectivity index (χ4n) is 7.05. The van der Waals surface area contributed by atoms with Crippen LogP contribution in [-0.4, -0.2) is 96.1 Å². The molecule has 0 bridgehead atoms. The SMILES string of the molecule is Cc1cnccc1-c1cc(Cl)cc2c1O[C@@H](C(=O)N1CCNCC1)C2.Cc1cnccc1-c1cc(Cl)cc2c1O[C@H](C(=O)N1CCNCC1)C2. The highest BCUT2D eigenvalue weighted by atomic mass is 35.5. The maximum Gasteiger partial charge on any atom is 0.264 e. The molecule has 2 aromatic carbocycles. The van der Waals surface area contributed by atoms with Crippen molar-refractivity contribution in [3.63, 3.8) is 0 Å². The van der Waals surface area contributed by atoms with E-state index in [-0.39, 0.29) is 11.8 Å². The number of halogens is 2. The Bertz CT molecular complexity index is 1770. The quantitative estimate of drug-likeness (QED) is 0.308. The number of ether oxygens (including phenoxy) is 2. The van der Waals surface area contributed by atoms with Gasteiger partial charge in [0, 0.05) is 122 Å². The topological polar surface area (TPSA) is 109 Å². The van der Waals surface area contributed by atoms with Crippen LogP contribution < -0.4 is 20.1 Å². The molecular weight excluding hydrogens is 675 g/mol. The standard InChI is InChI=1S/2C19H20ClN3O2/c2*1-12-11-22-3-2-15(12)16-10-14(20)8-13-9-17(25-18(13)16)19(24)23-6-4-21-5-7-23/h2*2-3,8,10-11,17,21H,4-7,9H2,1H3/t2*17-/m10/s1. The molecule has 6 heterocycles. The Morgan fingerprint density at radius 1 is 0.660 bits per heavy atom. The van der Waals surface area contributed by atoms with Gasteiger partial charge in [-0.05, 0) is 72.5 Å². The second kappa shape index (κ2) is 14.9. The lowest BCUT2D eigenvalue weighted by Crippen LogP contribution is -2.50. The summed E-state index contributed by atoms with van der Waals surface area (Å²) in [5.74, 6) is 1.66. The molecule has 0 radical (unpaired) electrons. The van der Waals surface area contributed by atoms with E-state index in [0.717, 1.165) is 108 Å². The predicted octanol–water partition coefficient (Wildman–Crippen LogP) is 4.89. The molecule has 4 aliphatic heterocycles. The molecule has 2 saturated heterocycles. The lowest BCUT2D eigenvalue weighted by atomic mass is 9.98. The van der Waals surface area contributed by atoms with Gasteiger partial charge in [0.05, 0.1) is 0 Å². The summed E-state index contributed by atoms with van der Waals surface area (Å²) < 4.78 is 12.3. The molecule has 0 saturated carbocycles. The Morgan fingerprint density at radius 3 is 1.44 bits per heavy atom. The minimum Gasteiger partial charge on any atom is -0.479 e. The zero-order valence-corrected chi connectivity index (χ0v) is 29.7. The molecule has 2 aromatic heterocycles. The van der Waals surface area contributed by atoms with E-state index >= 15 is 0 Å². The van der Waals surface area contributed by atoms with Gasteiger partial charge < -0.3 is 29.9 Å². The molecule has 12 heteroatoms. The van der Waals surface area contributed by atoms with Gasteiger partial charge in [-0.25, -0.2) is 0 Å². The molecule has 2 atom stereocenters. The molecule has 4 aromatic rings. The second-order valence-corrected chi connectivity index (χ2v) is 13.9. The Balaban J connectivity index is 0.000000157. The van der Waals surface area contributed by atoms with E-state index in [1.165, 1.54) is 0 Å². The molecule has 50 heavy (non-hydrogen) atoms. The van der Waals surface area contributed by atoms with Gasteiger partial charge in [-0.15, -0.1) is 0 Å². The molecule has 260 valence electrons. The van der Waals surface area contributed by atoms with Crippen LogP contribution in [0.1, 0.15) is 22.3 Å². The van der Waals surface area contributed by atoms with Gasteiger partial charge in [0.25, 0.3) is 11.8 Å². The number of pyridine rings is 2. The van der Waals surface area contributed by atoms with Crippen molar-refractivity contribution in [1.29, 1.82) is 0 Å². The predicted molar refractivity (Wildman–Crippen MR) is 194 cm³/mol. The number of aryl methyl sites for hydroxylation is 2. The van der Waals surface area contributed by atoms with Crippen LogP contribution in [0.3, 0.4) is 0 Å².